The van der Waals surface area contributed by atoms with Gasteiger partial charge in [0.1, 0.15) is 5.82 Å². The van der Waals surface area contributed by atoms with Crippen LogP contribution in [0.4, 0.5) is 10.1 Å². The fourth-order valence-corrected chi connectivity index (χ4v) is 2.32. The molecular weight excluding hydrogens is 253 g/mol. The van der Waals surface area contributed by atoms with Crippen molar-refractivity contribution in [1.82, 2.24) is 4.90 Å². The van der Waals surface area contributed by atoms with Crippen LogP contribution in [-0.4, -0.2) is 34.9 Å². The van der Waals surface area contributed by atoms with E-state index in [1.165, 1.54) is 0 Å². The summed E-state index contributed by atoms with van der Waals surface area (Å²) in [5.41, 5.74) is 5.14. The molecule has 0 aliphatic carbocycles. The summed E-state index contributed by atoms with van der Waals surface area (Å²) in [5, 5.41) is 10.7. The Morgan fingerprint density at radius 1 is 1.53 bits per heavy atom. The average molecular weight is 267 g/mol. The molecule has 6 nitrogen and oxygen atoms in total. The van der Waals surface area contributed by atoms with Crippen LogP contribution in [0.3, 0.4) is 0 Å². The standard InChI is InChI=1S/C12H14FN3O3/c13-9-4-8(5-11(6-9)16(18)19)12(17)15-3-1-2-10(15)7-14/h4-6,10H,1-3,7,14H2. The van der Waals surface area contributed by atoms with Crippen LogP contribution in [0, 0.1) is 15.9 Å². The van der Waals surface area contributed by atoms with Crippen LogP contribution in [0.5, 0.6) is 0 Å². The quantitative estimate of drug-likeness (QED) is 0.660. The van der Waals surface area contributed by atoms with Gasteiger partial charge in [0, 0.05) is 30.8 Å². The number of non-ortho nitro benzene ring substituents is 1. The Labute approximate surface area is 109 Å². The first-order valence-electron chi connectivity index (χ1n) is 5.99. The zero-order valence-corrected chi connectivity index (χ0v) is 10.2. The second-order valence-electron chi connectivity index (χ2n) is 4.49. The third-order valence-corrected chi connectivity index (χ3v) is 3.25. The van der Waals surface area contributed by atoms with Gasteiger partial charge in [-0.2, -0.15) is 0 Å². The maximum atomic E-state index is 13.3. The molecule has 102 valence electrons. The summed E-state index contributed by atoms with van der Waals surface area (Å²) in [6, 6.07) is 2.83. The monoisotopic (exact) mass is 267 g/mol. The van der Waals surface area contributed by atoms with E-state index in [0.717, 1.165) is 31.0 Å². The van der Waals surface area contributed by atoms with Gasteiger partial charge in [-0.15, -0.1) is 0 Å². The van der Waals surface area contributed by atoms with Crippen molar-refractivity contribution >= 4 is 11.6 Å². The normalized spacial score (nSPS) is 18.6. The van der Waals surface area contributed by atoms with Gasteiger partial charge >= 0.3 is 0 Å². The highest BCUT2D eigenvalue weighted by molar-refractivity contribution is 5.95. The number of carbonyl (C=O) groups excluding carboxylic acids is 1. The summed E-state index contributed by atoms with van der Waals surface area (Å²) < 4.78 is 13.3. The minimum atomic E-state index is -0.791. The van der Waals surface area contributed by atoms with E-state index >= 15 is 0 Å². The Morgan fingerprint density at radius 3 is 2.89 bits per heavy atom. The lowest BCUT2D eigenvalue weighted by atomic mass is 10.1. The van der Waals surface area contributed by atoms with Crippen molar-refractivity contribution in [3.8, 4) is 0 Å². The molecule has 1 amide bonds. The second-order valence-corrected chi connectivity index (χ2v) is 4.49. The molecule has 19 heavy (non-hydrogen) atoms. The second kappa shape index (κ2) is 5.31. The lowest BCUT2D eigenvalue weighted by Gasteiger charge is -2.23. The topological polar surface area (TPSA) is 89.5 Å². The molecule has 1 aromatic rings. The summed E-state index contributed by atoms with van der Waals surface area (Å²) >= 11 is 0. The number of amides is 1. The van der Waals surface area contributed by atoms with Gasteiger partial charge in [0.2, 0.25) is 0 Å². The number of nitrogens with zero attached hydrogens (tertiary/aromatic N) is 2. The number of halogens is 1. The Bertz CT molecular complexity index is 521. The molecule has 1 aliphatic rings. The predicted molar refractivity (Wildman–Crippen MR) is 66.2 cm³/mol. The van der Waals surface area contributed by atoms with Crippen molar-refractivity contribution in [3.05, 3.63) is 39.7 Å². The molecule has 0 spiro atoms. The largest absolute Gasteiger partial charge is 0.334 e. The number of nitrogens with two attached hydrogens (primary N) is 1. The minimum Gasteiger partial charge on any atom is -0.334 e. The molecular formula is C12H14FN3O3. The number of likely N-dealkylation sites (tertiary alicyclic amines) is 1. The van der Waals surface area contributed by atoms with Gasteiger partial charge in [-0.25, -0.2) is 4.39 Å². The summed E-state index contributed by atoms with van der Waals surface area (Å²) in [7, 11) is 0. The zero-order chi connectivity index (χ0) is 14.0. The molecule has 0 aromatic heterocycles. The van der Waals surface area contributed by atoms with Gasteiger partial charge in [-0.1, -0.05) is 0 Å². The fourth-order valence-electron chi connectivity index (χ4n) is 2.32. The minimum absolute atomic E-state index is 0.00736. The molecule has 0 bridgehead atoms. The summed E-state index contributed by atoms with van der Waals surface area (Å²) in [6.45, 7) is 0.883. The molecule has 0 radical (unpaired) electrons. The van der Waals surface area contributed by atoms with E-state index in [9.17, 15) is 19.3 Å². The number of carbonyl (C=O) groups is 1. The molecule has 1 fully saturated rings. The summed E-state index contributed by atoms with van der Waals surface area (Å²) in [6.07, 6.45) is 1.64. The Balaban J connectivity index is 2.30. The molecule has 1 heterocycles. The maximum absolute atomic E-state index is 13.3. The zero-order valence-electron chi connectivity index (χ0n) is 10.2. The van der Waals surface area contributed by atoms with E-state index in [4.69, 9.17) is 5.73 Å². The van der Waals surface area contributed by atoms with E-state index in [2.05, 4.69) is 0 Å². The first kappa shape index (κ1) is 13.4. The molecule has 2 rings (SSSR count). The van der Waals surface area contributed by atoms with E-state index in [-0.39, 0.29) is 11.6 Å². The molecule has 1 aromatic carbocycles. The molecule has 1 atom stereocenters. The third-order valence-electron chi connectivity index (χ3n) is 3.25. The first-order chi connectivity index (χ1) is 9.02. The number of nitro groups is 1. The van der Waals surface area contributed by atoms with Gasteiger partial charge in [-0.3, -0.25) is 14.9 Å². The van der Waals surface area contributed by atoms with E-state index < -0.39 is 22.3 Å². The predicted octanol–water partition coefficient (Wildman–Crippen LogP) is 1.30. The SMILES string of the molecule is NCC1CCCN1C(=O)c1cc(F)cc([N+](=O)[O-])c1. The lowest BCUT2D eigenvalue weighted by molar-refractivity contribution is -0.385. The van der Waals surface area contributed by atoms with Crippen LogP contribution >= 0.6 is 0 Å². The van der Waals surface area contributed by atoms with Gasteiger partial charge < -0.3 is 10.6 Å². The molecule has 2 N–H and O–H groups in total. The van der Waals surface area contributed by atoms with Crippen LogP contribution in [-0.2, 0) is 0 Å². The molecule has 1 unspecified atom stereocenters. The summed E-state index contributed by atoms with van der Waals surface area (Å²) in [4.78, 5) is 23.7. The lowest BCUT2D eigenvalue weighted by Crippen LogP contribution is -2.39. The Kier molecular flexibility index (Phi) is 3.75. The number of hydrogen-bond donors (Lipinski definition) is 1. The fraction of sp³-hybridized carbons (Fsp3) is 0.417. The highest BCUT2D eigenvalue weighted by Crippen LogP contribution is 2.22. The number of rotatable bonds is 3. The van der Waals surface area contributed by atoms with Gasteiger partial charge in [-0.05, 0) is 18.9 Å². The van der Waals surface area contributed by atoms with Crippen molar-refractivity contribution in [3.63, 3.8) is 0 Å². The van der Waals surface area contributed by atoms with Crippen molar-refractivity contribution < 1.29 is 14.1 Å². The van der Waals surface area contributed by atoms with Crippen LogP contribution in [0.2, 0.25) is 0 Å². The molecule has 0 saturated carbocycles. The van der Waals surface area contributed by atoms with Crippen LogP contribution in [0.1, 0.15) is 23.2 Å². The smallest absolute Gasteiger partial charge is 0.273 e. The van der Waals surface area contributed by atoms with Crippen LogP contribution < -0.4 is 5.73 Å². The molecule has 1 saturated heterocycles. The highest BCUT2D eigenvalue weighted by atomic mass is 19.1. The molecule has 1 aliphatic heterocycles. The van der Waals surface area contributed by atoms with Crippen LogP contribution in [0.25, 0.3) is 0 Å². The average Bonchev–Trinajstić information content (AvgIpc) is 2.85. The Hall–Kier alpha value is -2.02. The van der Waals surface area contributed by atoms with Crippen molar-refractivity contribution in [2.24, 2.45) is 5.73 Å². The number of hydrogen-bond acceptors (Lipinski definition) is 4. The molecule has 7 heteroatoms. The third kappa shape index (κ3) is 2.70. The number of benzene rings is 1. The van der Waals surface area contributed by atoms with E-state index in [1.54, 1.807) is 4.90 Å². The van der Waals surface area contributed by atoms with Gasteiger partial charge in [0.25, 0.3) is 11.6 Å². The maximum Gasteiger partial charge on any atom is 0.273 e. The van der Waals surface area contributed by atoms with Gasteiger partial charge in [0.15, 0.2) is 0 Å². The number of nitro benzene ring substituents is 1. The van der Waals surface area contributed by atoms with Crippen LogP contribution in [0.15, 0.2) is 18.2 Å². The van der Waals surface area contributed by atoms with Gasteiger partial charge in [0.05, 0.1) is 11.0 Å². The van der Waals surface area contributed by atoms with E-state index in [0.29, 0.717) is 13.1 Å². The Morgan fingerprint density at radius 2 is 2.26 bits per heavy atom. The van der Waals surface area contributed by atoms with Crippen molar-refractivity contribution in [2.45, 2.75) is 18.9 Å². The summed E-state index contributed by atoms with van der Waals surface area (Å²) in [5.74, 6) is -1.20. The highest BCUT2D eigenvalue weighted by Gasteiger charge is 2.29. The van der Waals surface area contributed by atoms with Crippen molar-refractivity contribution in [2.75, 3.05) is 13.1 Å². The first-order valence-corrected chi connectivity index (χ1v) is 5.99. The van der Waals surface area contributed by atoms with Crippen molar-refractivity contribution in [1.29, 1.82) is 0 Å². The van der Waals surface area contributed by atoms with E-state index in [1.807, 2.05) is 0 Å².